The molecule has 2 aromatic carbocycles. The second-order valence-corrected chi connectivity index (χ2v) is 7.63. The molecular weight excluding hydrogens is 372 g/mol. The minimum Gasteiger partial charge on any atom is -0.479 e. The molecule has 0 unspecified atom stereocenters. The number of amides is 2. The lowest BCUT2D eigenvalue weighted by Gasteiger charge is -2.20. The first-order valence-corrected chi connectivity index (χ1v) is 9.20. The van der Waals surface area contributed by atoms with Crippen LogP contribution in [0.1, 0.15) is 43.6 Å². The van der Waals surface area contributed by atoms with Crippen LogP contribution in [0.4, 0.5) is 5.69 Å². The largest absolute Gasteiger partial charge is 0.479 e. The van der Waals surface area contributed by atoms with Crippen molar-refractivity contribution in [3.63, 3.8) is 0 Å². The molecule has 0 aliphatic rings. The summed E-state index contributed by atoms with van der Waals surface area (Å²) in [4.78, 5) is 35.0. The Morgan fingerprint density at radius 3 is 2.10 bits per heavy atom. The molecule has 0 radical (unpaired) electrons. The van der Waals surface area contributed by atoms with E-state index in [1.807, 2.05) is 12.1 Å². The molecule has 29 heavy (non-hydrogen) atoms. The Hall–Kier alpha value is -3.35. The van der Waals surface area contributed by atoms with Crippen molar-refractivity contribution in [1.82, 2.24) is 0 Å². The monoisotopic (exact) mass is 398 g/mol. The molecule has 0 fully saturated rings. The second-order valence-electron chi connectivity index (χ2n) is 7.63. The van der Waals surface area contributed by atoms with E-state index in [1.165, 1.54) is 24.3 Å². The zero-order valence-electron chi connectivity index (χ0n) is 17.0. The third-order valence-electron chi connectivity index (χ3n) is 4.16. The Kier molecular flexibility index (Phi) is 6.98. The molecule has 3 N–H and O–H groups in total. The summed E-state index contributed by atoms with van der Waals surface area (Å²) in [6.45, 7) is 7.44. The van der Waals surface area contributed by atoms with Crippen molar-refractivity contribution in [3.05, 3.63) is 59.7 Å². The molecule has 0 aromatic heterocycles. The smallest absolute Gasteiger partial charge is 0.347 e. The number of benzene rings is 2. The van der Waals surface area contributed by atoms with Gasteiger partial charge in [-0.05, 0) is 54.3 Å². The maximum Gasteiger partial charge on any atom is 0.347 e. The number of primary amides is 1. The van der Waals surface area contributed by atoms with Crippen LogP contribution < -0.4 is 15.8 Å². The average Bonchev–Trinajstić information content (AvgIpc) is 2.66. The van der Waals surface area contributed by atoms with E-state index in [0.29, 0.717) is 17.0 Å². The lowest BCUT2D eigenvalue weighted by molar-refractivity contribution is -0.153. The van der Waals surface area contributed by atoms with Crippen LogP contribution >= 0.6 is 0 Å². The molecule has 0 heterocycles. The fourth-order valence-corrected chi connectivity index (χ4v) is 2.45. The molecule has 0 bridgehead atoms. The van der Waals surface area contributed by atoms with Crippen molar-refractivity contribution < 1.29 is 23.9 Å². The van der Waals surface area contributed by atoms with E-state index < -0.39 is 30.5 Å². The minimum atomic E-state index is -0.863. The SMILES string of the molecule is C[C@@H](Oc1ccc(C(C)(C)C)cc1)C(=O)OCC(=O)Nc1ccc(C(N)=O)cc1. The second kappa shape index (κ2) is 9.23. The van der Waals surface area contributed by atoms with E-state index in [1.54, 1.807) is 19.1 Å². The third-order valence-corrected chi connectivity index (χ3v) is 4.16. The fraction of sp³-hybridized carbons (Fsp3) is 0.318. The number of nitrogens with one attached hydrogen (secondary N) is 1. The Morgan fingerprint density at radius 1 is 1.00 bits per heavy atom. The van der Waals surface area contributed by atoms with Crippen LogP contribution in [-0.4, -0.2) is 30.5 Å². The van der Waals surface area contributed by atoms with E-state index in [2.05, 4.69) is 26.1 Å². The maximum absolute atomic E-state index is 12.1. The van der Waals surface area contributed by atoms with Gasteiger partial charge in [0.25, 0.3) is 5.91 Å². The Balaban J connectivity index is 1.81. The average molecular weight is 398 g/mol. The van der Waals surface area contributed by atoms with E-state index in [0.717, 1.165) is 5.56 Å². The summed E-state index contributed by atoms with van der Waals surface area (Å²) >= 11 is 0. The summed E-state index contributed by atoms with van der Waals surface area (Å²) in [6, 6.07) is 13.5. The lowest BCUT2D eigenvalue weighted by atomic mass is 9.87. The quantitative estimate of drug-likeness (QED) is 0.697. The molecular formula is C22H26N2O5. The molecule has 0 saturated heterocycles. The van der Waals surface area contributed by atoms with Gasteiger partial charge in [-0.2, -0.15) is 0 Å². The van der Waals surface area contributed by atoms with Crippen LogP contribution in [0.2, 0.25) is 0 Å². The number of carbonyl (C=O) groups excluding carboxylic acids is 3. The van der Waals surface area contributed by atoms with E-state index in [4.69, 9.17) is 15.2 Å². The van der Waals surface area contributed by atoms with Gasteiger partial charge >= 0.3 is 5.97 Å². The fourth-order valence-electron chi connectivity index (χ4n) is 2.45. The highest BCUT2D eigenvalue weighted by molar-refractivity contribution is 5.95. The molecule has 1 atom stereocenters. The first kappa shape index (κ1) is 21.9. The van der Waals surface area contributed by atoms with Gasteiger partial charge in [-0.3, -0.25) is 9.59 Å². The van der Waals surface area contributed by atoms with Gasteiger partial charge in [-0.25, -0.2) is 4.79 Å². The van der Waals surface area contributed by atoms with Gasteiger partial charge in [0, 0.05) is 11.3 Å². The number of hydrogen-bond acceptors (Lipinski definition) is 5. The van der Waals surface area contributed by atoms with Crippen LogP contribution in [0, 0.1) is 0 Å². The van der Waals surface area contributed by atoms with Crippen LogP contribution in [0.3, 0.4) is 0 Å². The molecule has 0 aliphatic carbocycles. The third kappa shape index (κ3) is 6.64. The zero-order chi connectivity index (χ0) is 21.6. The number of rotatable bonds is 7. The molecule has 2 rings (SSSR count). The minimum absolute atomic E-state index is 0.0244. The van der Waals surface area contributed by atoms with Crippen molar-refractivity contribution in [1.29, 1.82) is 0 Å². The Labute approximate surface area is 170 Å². The van der Waals surface area contributed by atoms with E-state index >= 15 is 0 Å². The Bertz CT molecular complexity index is 868. The van der Waals surface area contributed by atoms with Crippen molar-refractivity contribution in [2.24, 2.45) is 5.73 Å². The summed E-state index contributed by atoms with van der Waals surface area (Å²) in [5.74, 6) is -1.17. The zero-order valence-corrected chi connectivity index (χ0v) is 17.0. The van der Waals surface area contributed by atoms with E-state index in [-0.39, 0.29) is 5.41 Å². The van der Waals surface area contributed by atoms with Gasteiger partial charge in [0.15, 0.2) is 12.7 Å². The Morgan fingerprint density at radius 2 is 1.59 bits per heavy atom. The number of hydrogen-bond donors (Lipinski definition) is 2. The van der Waals surface area contributed by atoms with Gasteiger partial charge in [0.2, 0.25) is 5.91 Å². The van der Waals surface area contributed by atoms with Crippen LogP contribution in [0.25, 0.3) is 0 Å². The predicted molar refractivity (Wildman–Crippen MR) is 110 cm³/mol. The summed E-state index contributed by atoms with van der Waals surface area (Å²) in [5, 5.41) is 2.56. The highest BCUT2D eigenvalue weighted by Gasteiger charge is 2.19. The van der Waals surface area contributed by atoms with Crippen molar-refractivity contribution in [2.45, 2.75) is 39.2 Å². The summed E-state index contributed by atoms with van der Waals surface area (Å²) < 4.78 is 10.6. The number of nitrogens with two attached hydrogens (primary N) is 1. The number of carbonyl (C=O) groups is 3. The summed E-state index contributed by atoms with van der Waals surface area (Å²) in [6.07, 6.45) is -0.863. The number of ether oxygens (including phenoxy) is 2. The van der Waals surface area contributed by atoms with Crippen molar-refractivity contribution >= 4 is 23.5 Å². The highest BCUT2D eigenvalue weighted by atomic mass is 16.6. The van der Waals surface area contributed by atoms with Crippen molar-refractivity contribution in [3.8, 4) is 5.75 Å². The highest BCUT2D eigenvalue weighted by Crippen LogP contribution is 2.24. The molecule has 2 aromatic rings. The van der Waals surface area contributed by atoms with Crippen LogP contribution in [0.15, 0.2) is 48.5 Å². The molecule has 0 spiro atoms. The lowest BCUT2D eigenvalue weighted by Crippen LogP contribution is -2.29. The number of esters is 1. The van der Waals surface area contributed by atoms with Gasteiger partial charge in [-0.15, -0.1) is 0 Å². The normalized spacial score (nSPS) is 12.0. The molecule has 2 amide bonds. The van der Waals surface area contributed by atoms with Gasteiger partial charge < -0.3 is 20.5 Å². The topological polar surface area (TPSA) is 108 Å². The molecule has 7 heteroatoms. The van der Waals surface area contributed by atoms with E-state index in [9.17, 15) is 14.4 Å². The maximum atomic E-state index is 12.1. The molecule has 154 valence electrons. The van der Waals surface area contributed by atoms with Crippen molar-refractivity contribution in [2.75, 3.05) is 11.9 Å². The molecule has 7 nitrogen and oxygen atoms in total. The predicted octanol–water partition coefficient (Wildman–Crippen LogP) is 3.03. The number of anilines is 1. The first-order valence-electron chi connectivity index (χ1n) is 9.20. The summed E-state index contributed by atoms with van der Waals surface area (Å²) in [5.41, 5.74) is 7.13. The first-order chi connectivity index (χ1) is 13.6. The standard InChI is InChI=1S/C22H26N2O5/c1-14(29-18-11-7-16(8-12-18)22(2,3)4)21(27)28-13-19(25)24-17-9-5-15(6-10-17)20(23)26/h5-12,14H,13H2,1-4H3,(H2,23,26)(H,24,25)/t14-/m1/s1. The molecule has 0 saturated carbocycles. The molecule has 0 aliphatic heterocycles. The van der Waals surface area contributed by atoms with Gasteiger partial charge in [0.1, 0.15) is 5.75 Å². The van der Waals surface area contributed by atoms with Crippen LogP contribution in [-0.2, 0) is 19.7 Å². The van der Waals surface area contributed by atoms with Gasteiger partial charge in [-0.1, -0.05) is 32.9 Å². The van der Waals surface area contributed by atoms with Crippen LogP contribution in [0.5, 0.6) is 5.75 Å². The summed E-state index contributed by atoms with van der Waals surface area (Å²) in [7, 11) is 0. The van der Waals surface area contributed by atoms with Gasteiger partial charge in [0.05, 0.1) is 0 Å².